The number of rotatable bonds is 7. The standard InChI is InChI=1S/C24H29N5O2/c1-25-24(28-20-10-11-21-22(17-20)31-16-6-15-30-21)27-18-23-26-12-14-29(23)13-5-9-19-7-3-2-4-8-19/h2-4,7-8,10-12,14,17H,5-6,9,13,15-16,18H2,1H3,(H2,25,27,28). The van der Waals surface area contributed by atoms with E-state index in [2.05, 4.69) is 55.5 Å². The molecule has 0 fully saturated rings. The highest BCUT2D eigenvalue weighted by molar-refractivity contribution is 5.93. The minimum atomic E-state index is 0.586. The summed E-state index contributed by atoms with van der Waals surface area (Å²) in [4.78, 5) is 8.83. The van der Waals surface area contributed by atoms with E-state index in [0.717, 1.165) is 48.8 Å². The van der Waals surface area contributed by atoms with Gasteiger partial charge in [-0.05, 0) is 30.5 Å². The number of aliphatic imine (C=N–C) groups is 1. The Kier molecular flexibility index (Phi) is 7.05. The normalized spacial score (nSPS) is 13.5. The van der Waals surface area contributed by atoms with Crippen LogP contribution in [0.5, 0.6) is 11.5 Å². The van der Waals surface area contributed by atoms with Crippen molar-refractivity contribution in [3.8, 4) is 11.5 Å². The third-order valence-corrected chi connectivity index (χ3v) is 5.16. The van der Waals surface area contributed by atoms with Crippen LogP contribution >= 0.6 is 0 Å². The molecule has 7 heteroatoms. The van der Waals surface area contributed by atoms with Crippen LogP contribution in [0, 0.1) is 0 Å². The monoisotopic (exact) mass is 419 g/mol. The van der Waals surface area contributed by atoms with Crippen LogP contribution in [0.4, 0.5) is 5.69 Å². The predicted octanol–water partition coefficient (Wildman–Crippen LogP) is 3.86. The highest BCUT2D eigenvalue weighted by atomic mass is 16.5. The number of hydrogen-bond donors (Lipinski definition) is 2. The van der Waals surface area contributed by atoms with Gasteiger partial charge < -0.3 is 24.7 Å². The lowest BCUT2D eigenvalue weighted by Crippen LogP contribution is -2.31. The molecular weight excluding hydrogens is 390 g/mol. The summed E-state index contributed by atoms with van der Waals surface area (Å²) in [7, 11) is 1.75. The minimum Gasteiger partial charge on any atom is -0.490 e. The first-order valence-corrected chi connectivity index (χ1v) is 10.7. The van der Waals surface area contributed by atoms with Crippen LogP contribution < -0.4 is 20.1 Å². The molecular formula is C24H29N5O2. The lowest BCUT2D eigenvalue weighted by Gasteiger charge is -2.14. The number of guanidine groups is 1. The highest BCUT2D eigenvalue weighted by Crippen LogP contribution is 2.32. The molecule has 2 heterocycles. The fraction of sp³-hybridized carbons (Fsp3) is 0.333. The van der Waals surface area contributed by atoms with Gasteiger partial charge in [0.05, 0.1) is 19.8 Å². The minimum absolute atomic E-state index is 0.586. The summed E-state index contributed by atoms with van der Waals surface area (Å²) in [6.45, 7) is 2.86. The maximum atomic E-state index is 5.77. The Balaban J connectivity index is 1.30. The second-order valence-corrected chi connectivity index (χ2v) is 7.39. The van der Waals surface area contributed by atoms with Gasteiger partial charge in [0.1, 0.15) is 5.82 Å². The molecule has 0 radical (unpaired) electrons. The van der Waals surface area contributed by atoms with Crippen molar-refractivity contribution < 1.29 is 9.47 Å². The summed E-state index contributed by atoms with van der Waals surface area (Å²) in [5.41, 5.74) is 2.26. The van der Waals surface area contributed by atoms with Crippen molar-refractivity contribution in [1.29, 1.82) is 0 Å². The number of aryl methyl sites for hydroxylation is 2. The zero-order chi connectivity index (χ0) is 21.3. The van der Waals surface area contributed by atoms with Gasteiger partial charge in [0.2, 0.25) is 0 Å². The molecule has 1 aromatic heterocycles. The van der Waals surface area contributed by atoms with Crippen LogP contribution in [-0.2, 0) is 19.5 Å². The van der Waals surface area contributed by atoms with Gasteiger partial charge in [0.15, 0.2) is 17.5 Å². The van der Waals surface area contributed by atoms with Crippen LogP contribution in [-0.4, -0.2) is 35.8 Å². The molecule has 7 nitrogen and oxygen atoms in total. The number of ether oxygens (including phenoxy) is 2. The number of hydrogen-bond acceptors (Lipinski definition) is 4. The van der Waals surface area contributed by atoms with Gasteiger partial charge in [0.25, 0.3) is 0 Å². The van der Waals surface area contributed by atoms with Crippen molar-refractivity contribution >= 4 is 11.6 Å². The van der Waals surface area contributed by atoms with Gasteiger partial charge in [-0.1, -0.05) is 30.3 Å². The number of anilines is 1. The Labute approximate surface area is 183 Å². The lowest BCUT2D eigenvalue weighted by atomic mass is 10.1. The molecule has 1 aliphatic rings. The van der Waals surface area contributed by atoms with E-state index >= 15 is 0 Å². The van der Waals surface area contributed by atoms with E-state index in [9.17, 15) is 0 Å². The number of fused-ring (bicyclic) bond motifs is 1. The summed E-state index contributed by atoms with van der Waals surface area (Å²) >= 11 is 0. The van der Waals surface area contributed by atoms with Crippen LogP contribution in [0.2, 0.25) is 0 Å². The SMILES string of the molecule is CN=C(NCc1nccn1CCCc1ccccc1)Nc1ccc2c(c1)OCCCO2. The van der Waals surface area contributed by atoms with E-state index < -0.39 is 0 Å². The van der Waals surface area contributed by atoms with E-state index in [1.807, 2.05) is 30.6 Å². The zero-order valence-corrected chi connectivity index (χ0v) is 17.9. The molecule has 0 atom stereocenters. The topological polar surface area (TPSA) is 72.7 Å². The number of imidazole rings is 1. The van der Waals surface area contributed by atoms with Crippen molar-refractivity contribution in [2.45, 2.75) is 32.4 Å². The average Bonchev–Trinajstić information content (AvgIpc) is 3.12. The van der Waals surface area contributed by atoms with Gasteiger partial charge in [-0.3, -0.25) is 4.99 Å². The first-order valence-electron chi connectivity index (χ1n) is 10.7. The Hall–Kier alpha value is -3.48. The Morgan fingerprint density at radius 1 is 1.10 bits per heavy atom. The number of nitrogens with zero attached hydrogens (tertiary/aromatic N) is 3. The molecule has 3 aromatic rings. The fourth-order valence-corrected chi connectivity index (χ4v) is 3.53. The molecule has 2 aromatic carbocycles. The molecule has 162 valence electrons. The molecule has 0 bridgehead atoms. The molecule has 4 rings (SSSR count). The average molecular weight is 420 g/mol. The van der Waals surface area contributed by atoms with E-state index in [4.69, 9.17) is 9.47 Å². The second kappa shape index (κ2) is 10.5. The molecule has 2 N–H and O–H groups in total. The Bertz CT molecular complexity index is 1000. The third-order valence-electron chi connectivity index (χ3n) is 5.16. The molecule has 0 amide bonds. The van der Waals surface area contributed by atoms with E-state index in [1.165, 1.54) is 5.56 Å². The van der Waals surface area contributed by atoms with Crippen LogP contribution in [0.1, 0.15) is 24.2 Å². The van der Waals surface area contributed by atoms with Crippen LogP contribution in [0.15, 0.2) is 65.9 Å². The van der Waals surface area contributed by atoms with Crippen molar-refractivity contribution in [3.63, 3.8) is 0 Å². The maximum Gasteiger partial charge on any atom is 0.195 e. The first-order chi connectivity index (χ1) is 15.3. The zero-order valence-electron chi connectivity index (χ0n) is 17.9. The summed E-state index contributed by atoms with van der Waals surface area (Å²) < 4.78 is 13.7. The van der Waals surface area contributed by atoms with E-state index in [-0.39, 0.29) is 0 Å². The number of nitrogens with one attached hydrogen (secondary N) is 2. The molecule has 31 heavy (non-hydrogen) atoms. The first kappa shape index (κ1) is 20.8. The van der Waals surface area contributed by atoms with Crippen molar-refractivity contribution in [1.82, 2.24) is 14.9 Å². The van der Waals surface area contributed by atoms with Crippen LogP contribution in [0.25, 0.3) is 0 Å². The summed E-state index contributed by atoms with van der Waals surface area (Å²) in [5, 5.41) is 6.66. The molecule has 0 spiro atoms. The van der Waals surface area contributed by atoms with Crippen molar-refractivity contribution in [2.75, 3.05) is 25.6 Å². The summed E-state index contributed by atoms with van der Waals surface area (Å²) in [6, 6.07) is 16.4. The quantitative estimate of drug-likeness (QED) is 0.449. The van der Waals surface area contributed by atoms with Gasteiger partial charge >= 0.3 is 0 Å². The van der Waals surface area contributed by atoms with E-state index in [1.54, 1.807) is 7.05 Å². The second-order valence-electron chi connectivity index (χ2n) is 7.39. The fourth-order valence-electron chi connectivity index (χ4n) is 3.53. The van der Waals surface area contributed by atoms with Gasteiger partial charge in [-0.2, -0.15) is 0 Å². The number of benzene rings is 2. The smallest absolute Gasteiger partial charge is 0.195 e. The Morgan fingerprint density at radius 2 is 1.94 bits per heavy atom. The van der Waals surface area contributed by atoms with Gasteiger partial charge in [-0.15, -0.1) is 0 Å². The largest absolute Gasteiger partial charge is 0.490 e. The molecule has 1 aliphatic heterocycles. The van der Waals surface area contributed by atoms with Crippen LogP contribution in [0.3, 0.4) is 0 Å². The third kappa shape index (κ3) is 5.78. The van der Waals surface area contributed by atoms with E-state index in [0.29, 0.717) is 25.7 Å². The predicted molar refractivity (Wildman–Crippen MR) is 123 cm³/mol. The van der Waals surface area contributed by atoms with Gasteiger partial charge in [-0.25, -0.2) is 4.98 Å². The highest BCUT2D eigenvalue weighted by Gasteiger charge is 2.12. The lowest BCUT2D eigenvalue weighted by molar-refractivity contribution is 0.297. The van der Waals surface area contributed by atoms with Crippen molar-refractivity contribution in [3.05, 3.63) is 72.3 Å². The molecule has 0 aliphatic carbocycles. The molecule has 0 unspecified atom stereocenters. The Morgan fingerprint density at radius 3 is 2.77 bits per heavy atom. The maximum absolute atomic E-state index is 5.77. The molecule has 0 saturated carbocycles. The number of aromatic nitrogens is 2. The van der Waals surface area contributed by atoms with Crippen molar-refractivity contribution in [2.24, 2.45) is 4.99 Å². The van der Waals surface area contributed by atoms with Gasteiger partial charge in [0, 0.05) is 44.2 Å². The summed E-state index contributed by atoms with van der Waals surface area (Å²) in [5.74, 6) is 3.19. The summed E-state index contributed by atoms with van der Waals surface area (Å²) in [6.07, 6.45) is 6.89. The molecule has 0 saturated heterocycles.